The number of hydrogen-bond donors (Lipinski definition) is 1. The van der Waals surface area contributed by atoms with Crippen molar-refractivity contribution in [2.75, 3.05) is 13.1 Å². The molecule has 0 amide bonds. The van der Waals surface area contributed by atoms with E-state index in [1.807, 2.05) is 0 Å². The molecular weight excluding hydrogens is 304 g/mol. The summed E-state index contributed by atoms with van der Waals surface area (Å²) in [4.78, 5) is 0. The zero-order valence-electron chi connectivity index (χ0n) is 2.99. The summed E-state index contributed by atoms with van der Waals surface area (Å²) in [6, 6.07) is 0. The Morgan fingerprint density at radius 2 is 1.50 bits per heavy atom. The monoisotopic (exact) mass is 308 g/mol. The maximum atomic E-state index is 4.88. The molecule has 4 heteroatoms. The van der Waals surface area contributed by atoms with E-state index in [4.69, 9.17) is 18.8 Å². The van der Waals surface area contributed by atoms with Gasteiger partial charge in [-0.05, 0) is 0 Å². The van der Waals surface area contributed by atoms with Crippen LogP contribution >= 0.6 is 18.8 Å². The van der Waals surface area contributed by atoms with Crippen molar-refractivity contribution in [3.8, 4) is 0 Å². The van der Waals surface area contributed by atoms with Crippen LogP contribution in [-0.4, -0.2) is 13.1 Å². The summed E-state index contributed by atoms with van der Waals surface area (Å²) < 4.78 is 0. The molecule has 0 aromatic rings. The molecule has 1 fully saturated rings. The Bertz CT molecular complexity index is 22.8. The standard InChI is InChI=1S/C2H5N.2ClH.Pt/c1-2-3-1;;;/h3H,1-2H2;2*1H;/q;;;+2/p-2. The van der Waals surface area contributed by atoms with Crippen LogP contribution < -0.4 is 5.32 Å². The van der Waals surface area contributed by atoms with Crippen molar-refractivity contribution < 1.29 is 16.5 Å². The maximum absolute atomic E-state index is 4.88. The van der Waals surface area contributed by atoms with E-state index in [0.29, 0.717) is 0 Å². The Balaban J connectivity index is 0.0000000833. The average molecular weight is 309 g/mol. The van der Waals surface area contributed by atoms with Gasteiger partial charge in [-0.3, -0.25) is 0 Å². The topological polar surface area (TPSA) is 21.9 Å². The third-order valence-electron chi connectivity index (χ3n) is 0.250. The van der Waals surface area contributed by atoms with Gasteiger partial charge in [-0.2, -0.15) is 0 Å². The van der Waals surface area contributed by atoms with Gasteiger partial charge in [0.25, 0.3) is 0 Å². The molecule has 1 saturated heterocycles. The van der Waals surface area contributed by atoms with Crippen molar-refractivity contribution in [1.82, 2.24) is 5.32 Å². The molecule has 0 radical (unpaired) electrons. The first-order valence-electron chi connectivity index (χ1n) is 1.45. The SMILES string of the molecule is C1CN1.[Cl][Pt][Cl]. The van der Waals surface area contributed by atoms with Gasteiger partial charge in [0.05, 0.1) is 0 Å². The molecule has 6 heavy (non-hydrogen) atoms. The molecule has 1 nitrogen and oxygen atoms in total. The summed E-state index contributed by atoms with van der Waals surface area (Å²) in [6.07, 6.45) is 0. The predicted octanol–water partition coefficient (Wildman–Crippen LogP) is 0.966. The Morgan fingerprint density at radius 1 is 1.33 bits per heavy atom. The second-order valence-corrected chi connectivity index (χ2v) is 4.08. The molecule has 1 heterocycles. The molecule has 0 saturated carbocycles. The minimum absolute atomic E-state index is 0.472. The third kappa shape index (κ3) is 18.8. The van der Waals surface area contributed by atoms with E-state index >= 15 is 0 Å². The minimum atomic E-state index is -0.472. The van der Waals surface area contributed by atoms with Crippen LogP contribution in [0.1, 0.15) is 0 Å². The van der Waals surface area contributed by atoms with Gasteiger partial charge in [0.1, 0.15) is 0 Å². The molecule has 0 aromatic carbocycles. The van der Waals surface area contributed by atoms with E-state index in [2.05, 4.69) is 5.32 Å². The second-order valence-electron chi connectivity index (χ2n) is 0.795. The predicted molar refractivity (Wildman–Crippen MR) is 24.6 cm³/mol. The number of rotatable bonds is 0. The molecule has 1 N–H and O–H groups in total. The van der Waals surface area contributed by atoms with Crippen LogP contribution in [0.2, 0.25) is 0 Å². The Morgan fingerprint density at radius 3 is 1.50 bits per heavy atom. The van der Waals surface area contributed by atoms with E-state index < -0.39 is 16.5 Å². The normalized spacial score (nSPS) is 15.7. The van der Waals surface area contributed by atoms with Crippen molar-refractivity contribution in [3.63, 3.8) is 0 Å². The Hall–Kier alpha value is 1.23. The zero-order valence-corrected chi connectivity index (χ0v) is 6.77. The van der Waals surface area contributed by atoms with Crippen molar-refractivity contribution in [2.24, 2.45) is 0 Å². The summed E-state index contributed by atoms with van der Waals surface area (Å²) in [6.45, 7) is 2.50. The fourth-order valence-electron chi connectivity index (χ4n) is 0. The first kappa shape index (κ1) is 7.23. The molecule has 0 aliphatic carbocycles. The first-order valence-corrected chi connectivity index (χ1v) is 7.08. The van der Waals surface area contributed by atoms with Gasteiger partial charge in [0.2, 0.25) is 0 Å². The van der Waals surface area contributed by atoms with Gasteiger partial charge in [0, 0.05) is 13.1 Å². The summed E-state index contributed by atoms with van der Waals surface area (Å²) in [7, 11) is 9.75. The molecule has 42 valence electrons. The zero-order chi connectivity index (χ0) is 4.83. The Kier molecular flexibility index (Phi) is 7.50. The van der Waals surface area contributed by atoms with Crippen LogP contribution in [0, 0.1) is 0 Å². The molecule has 0 bridgehead atoms. The third-order valence-corrected chi connectivity index (χ3v) is 0.250. The van der Waals surface area contributed by atoms with Gasteiger partial charge in [-0.1, -0.05) is 0 Å². The molecule has 0 spiro atoms. The number of hydrogen-bond acceptors (Lipinski definition) is 1. The summed E-state index contributed by atoms with van der Waals surface area (Å²) in [5, 5.41) is 3.00. The van der Waals surface area contributed by atoms with Gasteiger partial charge in [0.15, 0.2) is 0 Å². The van der Waals surface area contributed by atoms with E-state index in [-0.39, 0.29) is 0 Å². The first-order chi connectivity index (χ1) is 2.91. The summed E-state index contributed by atoms with van der Waals surface area (Å²) >= 11 is -0.472. The molecule has 0 unspecified atom stereocenters. The van der Waals surface area contributed by atoms with Crippen LogP contribution in [0.15, 0.2) is 0 Å². The van der Waals surface area contributed by atoms with Crippen molar-refractivity contribution in [3.05, 3.63) is 0 Å². The van der Waals surface area contributed by atoms with Crippen LogP contribution in [-0.2, 0) is 16.5 Å². The molecule has 1 rings (SSSR count). The van der Waals surface area contributed by atoms with Crippen molar-refractivity contribution in [1.29, 1.82) is 0 Å². The van der Waals surface area contributed by atoms with E-state index in [0.717, 1.165) is 0 Å². The molecular formula is C2H5Cl2NPt. The van der Waals surface area contributed by atoms with Crippen molar-refractivity contribution in [2.45, 2.75) is 0 Å². The van der Waals surface area contributed by atoms with E-state index in [9.17, 15) is 0 Å². The molecule has 0 atom stereocenters. The Labute approximate surface area is 53.8 Å². The van der Waals surface area contributed by atoms with E-state index in [1.54, 1.807) is 0 Å². The fraction of sp³-hybridized carbons (Fsp3) is 1.00. The van der Waals surface area contributed by atoms with Crippen LogP contribution in [0.4, 0.5) is 0 Å². The van der Waals surface area contributed by atoms with Crippen LogP contribution in [0.3, 0.4) is 0 Å². The average Bonchev–Trinajstić information content (AvgIpc) is 2.11. The van der Waals surface area contributed by atoms with Gasteiger partial charge >= 0.3 is 35.3 Å². The molecule has 1 aliphatic heterocycles. The summed E-state index contributed by atoms with van der Waals surface area (Å²) in [5.41, 5.74) is 0. The van der Waals surface area contributed by atoms with Gasteiger partial charge in [-0.25, -0.2) is 0 Å². The number of nitrogens with one attached hydrogen (secondary N) is 1. The van der Waals surface area contributed by atoms with Gasteiger partial charge in [-0.15, -0.1) is 0 Å². The van der Waals surface area contributed by atoms with Gasteiger partial charge < -0.3 is 5.32 Å². The number of halogens is 2. The van der Waals surface area contributed by atoms with E-state index in [1.165, 1.54) is 13.1 Å². The molecule has 1 aliphatic rings. The van der Waals surface area contributed by atoms with Crippen LogP contribution in [0.5, 0.6) is 0 Å². The molecule has 0 aromatic heterocycles. The summed E-state index contributed by atoms with van der Waals surface area (Å²) in [5.74, 6) is 0. The quantitative estimate of drug-likeness (QED) is 0.662. The van der Waals surface area contributed by atoms with Crippen molar-refractivity contribution >= 4 is 18.8 Å². The fourth-order valence-corrected chi connectivity index (χ4v) is 0. The second kappa shape index (κ2) is 6.23. The van der Waals surface area contributed by atoms with Crippen LogP contribution in [0.25, 0.3) is 0 Å².